The maximum atomic E-state index is 12.9. The number of fused-ring (bicyclic) bond motifs is 1. The van der Waals surface area contributed by atoms with Crippen LogP contribution >= 0.6 is 0 Å². The van der Waals surface area contributed by atoms with Gasteiger partial charge in [0.2, 0.25) is 11.8 Å². The van der Waals surface area contributed by atoms with Crippen LogP contribution in [-0.2, 0) is 22.4 Å². The number of rotatable bonds is 7. The number of hydrogen-bond donors (Lipinski definition) is 1. The number of anilines is 2. The summed E-state index contributed by atoms with van der Waals surface area (Å²) in [5.74, 6) is -0.245. The SMILES string of the molecule is N#CCC(CC(=O)Nc1ccc2c(c1)N(C(=O)Cc1ccccc1)CC2)c1ccccc1. The van der Waals surface area contributed by atoms with E-state index < -0.39 is 0 Å². The van der Waals surface area contributed by atoms with Crippen LogP contribution in [0.15, 0.2) is 78.9 Å². The molecule has 1 aliphatic heterocycles. The van der Waals surface area contributed by atoms with Gasteiger partial charge in [-0.25, -0.2) is 0 Å². The molecule has 3 aromatic carbocycles. The molecule has 0 bridgehead atoms. The number of amides is 2. The lowest BCUT2D eigenvalue weighted by Crippen LogP contribution is -2.30. The molecule has 160 valence electrons. The number of nitrogens with one attached hydrogen (secondary N) is 1. The predicted molar refractivity (Wildman–Crippen MR) is 125 cm³/mol. The monoisotopic (exact) mass is 423 g/mol. The largest absolute Gasteiger partial charge is 0.326 e. The Kier molecular flexibility index (Phi) is 6.62. The molecule has 2 amide bonds. The fourth-order valence-corrected chi connectivity index (χ4v) is 4.16. The van der Waals surface area contributed by atoms with Crippen molar-refractivity contribution >= 4 is 23.2 Å². The summed E-state index contributed by atoms with van der Waals surface area (Å²) >= 11 is 0. The van der Waals surface area contributed by atoms with Crippen LogP contribution in [0.4, 0.5) is 11.4 Å². The molecule has 1 unspecified atom stereocenters. The van der Waals surface area contributed by atoms with Gasteiger partial charge in [-0.3, -0.25) is 9.59 Å². The van der Waals surface area contributed by atoms with Gasteiger partial charge in [0, 0.05) is 36.7 Å². The lowest BCUT2D eigenvalue weighted by atomic mass is 9.93. The van der Waals surface area contributed by atoms with Crippen molar-refractivity contribution in [2.45, 2.75) is 31.6 Å². The van der Waals surface area contributed by atoms with Crippen molar-refractivity contribution in [2.24, 2.45) is 0 Å². The quantitative estimate of drug-likeness (QED) is 0.591. The predicted octanol–water partition coefficient (Wildman–Crippen LogP) is 4.84. The summed E-state index contributed by atoms with van der Waals surface area (Å²) in [6, 6.07) is 27.3. The lowest BCUT2D eigenvalue weighted by Gasteiger charge is -2.19. The first-order valence-electron chi connectivity index (χ1n) is 10.8. The third kappa shape index (κ3) is 5.04. The van der Waals surface area contributed by atoms with Gasteiger partial charge in [-0.2, -0.15) is 5.26 Å². The molecular formula is C27H25N3O2. The van der Waals surface area contributed by atoms with Gasteiger partial charge in [-0.1, -0.05) is 66.7 Å². The molecule has 0 spiro atoms. The second-order valence-electron chi connectivity index (χ2n) is 8.02. The molecule has 5 heteroatoms. The fraction of sp³-hybridized carbons (Fsp3) is 0.222. The van der Waals surface area contributed by atoms with Crippen LogP contribution in [0.3, 0.4) is 0 Å². The van der Waals surface area contributed by atoms with Crippen LogP contribution in [0, 0.1) is 11.3 Å². The molecule has 0 saturated carbocycles. The highest BCUT2D eigenvalue weighted by atomic mass is 16.2. The molecular weight excluding hydrogens is 398 g/mol. The van der Waals surface area contributed by atoms with Crippen LogP contribution < -0.4 is 10.2 Å². The van der Waals surface area contributed by atoms with Crippen molar-refractivity contribution in [1.82, 2.24) is 0 Å². The van der Waals surface area contributed by atoms with Gasteiger partial charge in [0.25, 0.3) is 0 Å². The molecule has 5 nitrogen and oxygen atoms in total. The summed E-state index contributed by atoms with van der Waals surface area (Å²) < 4.78 is 0. The van der Waals surface area contributed by atoms with E-state index in [1.54, 1.807) is 4.90 Å². The molecule has 0 aromatic heterocycles. The minimum absolute atomic E-state index is 0.0524. The Morgan fingerprint density at radius 1 is 1.00 bits per heavy atom. The zero-order valence-electron chi connectivity index (χ0n) is 17.8. The third-order valence-electron chi connectivity index (χ3n) is 5.80. The van der Waals surface area contributed by atoms with Gasteiger partial charge >= 0.3 is 0 Å². The normalized spacial score (nSPS) is 13.2. The molecule has 4 rings (SSSR count). The van der Waals surface area contributed by atoms with Crippen molar-refractivity contribution in [3.05, 3.63) is 95.6 Å². The average molecular weight is 424 g/mol. The Morgan fingerprint density at radius 2 is 1.72 bits per heavy atom. The summed E-state index contributed by atoms with van der Waals surface area (Å²) in [6.45, 7) is 0.649. The number of carbonyl (C=O) groups is 2. The first kappa shape index (κ1) is 21.3. The van der Waals surface area contributed by atoms with E-state index in [1.165, 1.54) is 0 Å². The molecule has 1 N–H and O–H groups in total. The first-order valence-corrected chi connectivity index (χ1v) is 10.8. The van der Waals surface area contributed by atoms with Crippen LogP contribution in [0.2, 0.25) is 0 Å². The van der Waals surface area contributed by atoms with Gasteiger partial charge in [0.1, 0.15) is 0 Å². The van der Waals surface area contributed by atoms with Crippen LogP contribution in [0.1, 0.15) is 35.4 Å². The highest BCUT2D eigenvalue weighted by Crippen LogP contribution is 2.32. The molecule has 32 heavy (non-hydrogen) atoms. The van der Waals surface area contributed by atoms with Crippen molar-refractivity contribution in [3.63, 3.8) is 0 Å². The molecule has 0 fully saturated rings. The first-order chi connectivity index (χ1) is 15.6. The van der Waals surface area contributed by atoms with Crippen molar-refractivity contribution in [3.8, 4) is 6.07 Å². The van der Waals surface area contributed by atoms with E-state index >= 15 is 0 Å². The smallest absolute Gasteiger partial charge is 0.231 e. The average Bonchev–Trinajstić information content (AvgIpc) is 3.23. The standard InChI is InChI=1S/C27H25N3O2/c28-15-13-23(21-9-5-2-6-10-21)18-26(31)29-24-12-11-22-14-16-30(25(22)19-24)27(32)17-20-7-3-1-4-8-20/h1-12,19,23H,13-14,16-18H2,(H,29,31). The second-order valence-corrected chi connectivity index (χ2v) is 8.02. The van der Waals surface area contributed by atoms with Crippen molar-refractivity contribution < 1.29 is 9.59 Å². The zero-order chi connectivity index (χ0) is 22.3. The summed E-state index contributed by atoms with van der Waals surface area (Å²) in [6.07, 6.45) is 1.67. The van der Waals surface area contributed by atoms with Crippen LogP contribution in [0.25, 0.3) is 0 Å². The number of nitrogens with zero attached hydrogens (tertiary/aromatic N) is 2. The zero-order valence-corrected chi connectivity index (χ0v) is 17.8. The fourth-order valence-electron chi connectivity index (χ4n) is 4.16. The van der Waals surface area contributed by atoms with E-state index in [2.05, 4.69) is 11.4 Å². The topological polar surface area (TPSA) is 73.2 Å². The summed E-state index contributed by atoms with van der Waals surface area (Å²) in [4.78, 5) is 27.4. The summed E-state index contributed by atoms with van der Waals surface area (Å²) in [5.41, 5.74) is 4.60. The van der Waals surface area contributed by atoms with E-state index in [0.29, 0.717) is 18.7 Å². The molecule has 3 aromatic rings. The molecule has 1 heterocycles. The maximum Gasteiger partial charge on any atom is 0.231 e. The van der Waals surface area contributed by atoms with Crippen molar-refractivity contribution in [2.75, 3.05) is 16.8 Å². The van der Waals surface area contributed by atoms with E-state index in [-0.39, 0.29) is 30.6 Å². The Bertz CT molecular complexity index is 1140. The molecule has 0 saturated heterocycles. The van der Waals surface area contributed by atoms with Gasteiger partial charge < -0.3 is 10.2 Å². The lowest BCUT2D eigenvalue weighted by molar-refractivity contribution is -0.118. The molecule has 1 aliphatic rings. The molecule has 1 atom stereocenters. The molecule has 0 radical (unpaired) electrons. The van der Waals surface area contributed by atoms with Crippen LogP contribution in [-0.4, -0.2) is 18.4 Å². The minimum atomic E-state index is -0.153. The highest BCUT2D eigenvalue weighted by molar-refractivity contribution is 5.98. The van der Waals surface area contributed by atoms with E-state index in [9.17, 15) is 14.9 Å². The number of benzene rings is 3. The van der Waals surface area contributed by atoms with Gasteiger partial charge in [-0.15, -0.1) is 0 Å². The summed E-state index contributed by atoms with van der Waals surface area (Å²) in [5, 5.41) is 12.1. The van der Waals surface area contributed by atoms with Crippen molar-refractivity contribution in [1.29, 1.82) is 5.26 Å². The van der Waals surface area contributed by atoms with Gasteiger partial charge in [0.15, 0.2) is 0 Å². The third-order valence-corrected chi connectivity index (χ3v) is 5.80. The maximum absolute atomic E-state index is 12.9. The van der Waals surface area contributed by atoms with E-state index in [1.807, 2.05) is 78.9 Å². The van der Waals surface area contributed by atoms with E-state index in [0.717, 1.165) is 28.8 Å². The number of carbonyl (C=O) groups excluding carboxylic acids is 2. The molecule has 0 aliphatic carbocycles. The minimum Gasteiger partial charge on any atom is -0.326 e. The summed E-state index contributed by atoms with van der Waals surface area (Å²) in [7, 11) is 0. The van der Waals surface area contributed by atoms with Gasteiger partial charge in [0.05, 0.1) is 12.5 Å². The Labute approximate surface area is 188 Å². The Balaban J connectivity index is 1.44. The highest BCUT2D eigenvalue weighted by Gasteiger charge is 2.25. The van der Waals surface area contributed by atoms with Crippen LogP contribution in [0.5, 0.6) is 0 Å². The second kappa shape index (κ2) is 9.93. The van der Waals surface area contributed by atoms with E-state index in [4.69, 9.17) is 0 Å². The Hall–Kier alpha value is -3.91. The van der Waals surface area contributed by atoms with Gasteiger partial charge in [-0.05, 0) is 35.2 Å². The Morgan fingerprint density at radius 3 is 2.44 bits per heavy atom. The number of hydrogen-bond acceptors (Lipinski definition) is 3. The number of nitriles is 1.